The van der Waals surface area contributed by atoms with E-state index in [1.54, 1.807) is 6.07 Å². The fourth-order valence-corrected chi connectivity index (χ4v) is 3.81. The second-order valence-electron chi connectivity index (χ2n) is 7.62. The largest absolute Gasteiger partial charge is 0.508 e. The van der Waals surface area contributed by atoms with Crippen LogP contribution in [-0.2, 0) is 0 Å². The molecule has 0 unspecified atom stereocenters. The molecule has 1 aromatic carbocycles. The molecule has 2 fully saturated rings. The lowest BCUT2D eigenvalue weighted by Gasteiger charge is -2.31. The van der Waals surface area contributed by atoms with Crippen LogP contribution in [0.1, 0.15) is 44.1 Å². The van der Waals surface area contributed by atoms with Gasteiger partial charge in [0, 0.05) is 43.9 Å². The van der Waals surface area contributed by atoms with Crippen molar-refractivity contribution in [1.29, 1.82) is 0 Å². The summed E-state index contributed by atoms with van der Waals surface area (Å²) in [4.78, 5) is 14.1. The van der Waals surface area contributed by atoms with E-state index >= 15 is 0 Å². The summed E-state index contributed by atoms with van der Waals surface area (Å²) < 4.78 is 0. The molecule has 0 saturated carbocycles. The lowest BCUT2D eigenvalue weighted by molar-refractivity contribution is 0.450. The van der Waals surface area contributed by atoms with Gasteiger partial charge in [-0.1, -0.05) is 0 Å². The van der Waals surface area contributed by atoms with Gasteiger partial charge in [0.25, 0.3) is 0 Å². The predicted molar refractivity (Wildman–Crippen MR) is 115 cm³/mol. The Labute approximate surface area is 170 Å². The van der Waals surface area contributed by atoms with E-state index in [0.717, 1.165) is 37.9 Å². The summed E-state index contributed by atoms with van der Waals surface area (Å²) in [5.41, 5.74) is 3.50. The van der Waals surface area contributed by atoms with Crippen LogP contribution < -0.4 is 15.2 Å². The fraction of sp³-hybridized carbons (Fsp3) is 0.476. The van der Waals surface area contributed by atoms with Gasteiger partial charge in [-0.2, -0.15) is 15.1 Å². The zero-order valence-electron chi connectivity index (χ0n) is 16.6. The molecule has 1 aromatic heterocycles. The molecule has 2 saturated heterocycles. The SMILES string of the molecule is Oc1ccc(/C=N/Nc2cc(N3CCCCC3)nc(N3CCCCC3)n2)c(O)c1. The highest BCUT2D eigenvalue weighted by Gasteiger charge is 2.19. The van der Waals surface area contributed by atoms with E-state index in [4.69, 9.17) is 4.98 Å². The number of benzene rings is 1. The van der Waals surface area contributed by atoms with Crippen LogP contribution in [-0.4, -0.2) is 52.6 Å². The lowest BCUT2D eigenvalue weighted by atomic mass is 10.1. The van der Waals surface area contributed by atoms with Crippen molar-refractivity contribution in [2.24, 2.45) is 5.10 Å². The Bertz CT molecular complexity index is 824. The molecule has 3 N–H and O–H groups in total. The van der Waals surface area contributed by atoms with Crippen LogP contribution in [0.25, 0.3) is 0 Å². The predicted octanol–water partition coefficient (Wildman–Crippen LogP) is 3.31. The molecule has 0 bridgehead atoms. The average Bonchev–Trinajstić information content (AvgIpc) is 2.76. The first kappa shape index (κ1) is 19.3. The Morgan fingerprint density at radius 3 is 2.24 bits per heavy atom. The molecule has 0 amide bonds. The number of aromatic hydroxyl groups is 2. The van der Waals surface area contributed by atoms with Gasteiger partial charge < -0.3 is 20.0 Å². The van der Waals surface area contributed by atoms with E-state index in [2.05, 4.69) is 25.3 Å². The van der Waals surface area contributed by atoms with Crippen molar-refractivity contribution in [2.75, 3.05) is 41.4 Å². The number of anilines is 3. The number of piperidine rings is 2. The second-order valence-corrected chi connectivity index (χ2v) is 7.62. The molecule has 8 nitrogen and oxygen atoms in total. The van der Waals surface area contributed by atoms with Gasteiger partial charge in [-0.05, 0) is 50.7 Å². The first-order valence-corrected chi connectivity index (χ1v) is 10.4. The summed E-state index contributed by atoms with van der Waals surface area (Å²) in [5, 5.41) is 23.5. The van der Waals surface area contributed by atoms with Gasteiger partial charge in [0.1, 0.15) is 17.3 Å². The van der Waals surface area contributed by atoms with Crippen molar-refractivity contribution < 1.29 is 10.2 Å². The maximum absolute atomic E-state index is 9.90. The van der Waals surface area contributed by atoms with Crippen LogP contribution in [0.15, 0.2) is 29.4 Å². The molecular weight excluding hydrogens is 368 g/mol. The topological polar surface area (TPSA) is 97.1 Å². The maximum Gasteiger partial charge on any atom is 0.229 e. The van der Waals surface area contributed by atoms with E-state index in [0.29, 0.717) is 11.4 Å². The third-order valence-corrected chi connectivity index (χ3v) is 5.42. The van der Waals surface area contributed by atoms with E-state index in [1.807, 2.05) is 6.07 Å². The Morgan fingerprint density at radius 1 is 0.862 bits per heavy atom. The smallest absolute Gasteiger partial charge is 0.229 e. The first-order valence-electron chi connectivity index (χ1n) is 10.4. The normalized spacial score (nSPS) is 17.7. The molecule has 0 radical (unpaired) electrons. The average molecular weight is 396 g/mol. The summed E-state index contributed by atoms with van der Waals surface area (Å²) in [5.74, 6) is 2.31. The summed E-state index contributed by atoms with van der Waals surface area (Å²) in [6.07, 6.45) is 8.74. The van der Waals surface area contributed by atoms with Crippen molar-refractivity contribution in [2.45, 2.75) is 38.5 Å². The highest BCUT2D eigenvalue weighted by Crippen LogP contribution is 2.25. The zero-order valence-corrected chi connectivity index (χ0v) is 16.6. The number of hydrogen-bond donors (Lipinski definition) is 3. The van der Waals surface area contributed by atoms with Gasteiger partial charge in [0.05, 0.1) is 6.21 Å². The van der Waals surface area contributed by atoms with Crippen molar-refractivity contribution in [3.8, 4) is 11.5 Å². The Balaban J connectivity index is 1.56. The zero-order chi connectivity index (χ0) is 20.1. The lowest BCUT2D eigenvalue weighted by Crippen LogP contribution is -2.33. The quantitative estimate of drug-likeness (QED) is 0.527. The van der Waals surface area contributed by atoms with Crippen molar-refractivity contribution in [3.05, 3.63) is 29.8 Å². The summed E-state index contributed by atoms with van der Waals surface area (Å²) in [6.45, 7) is 3.99. The Kier molecular flexibility index (Phi) is 5.97. The first-order chi connectivity index (χ1) is 14.2. The van der Waals surface area contributed by atoms with E-state index in [1.165, 1.54) is 56.9 Å². The molecule has 0 atom stereocenters. The minimum atomic E-state index is -0.0266. The third kappa shape index (κ3) is 4.88. The van der Waals surface area contributed by atoms with Crippen LogP contribution >= 0.6 is 0 Å². The van der Waals surface area contributed by atoms with Crippen LogP contribution in [0.4, 0.5) is 17.6 Å². The summed E-state index contributed by atoms with van der Waals surface area (Å²) >= 11 is 0. The van der Waals surface area contributed by atoms with Crippen LogP contribution in [0.3, 0.4) is 0 Å². The molecule has 154 valence electrons. The standard InChI is InChI=1S/C21H28N6O2/c28-17-8-7-16(18(29)13-17)15-22-25-19-14-20(26-9-3-1-4-10-26)24-21(23-19)27-11-5-2-6-12-27/h7-8,13-15,28-29H,1-6,9-12H2,(H,23,24,25)/b22-15+. The molecule has 0 aliphatic carbocycles. The highest BCUT2D eigenvalue weighted by molar-refractivity contribution is 5.84. The van der Waals surface area contributed by atoms with Gasteiger partial charge in [0.15, 0.2) is 5.82 Å². The number of nitrogens with one attached hydrogen (secondary N) is 1. The van der Waals surface area contributed by atoms with Gasteiger partial charge in [-0.15, -0.1) is 0 Å². The molecule has 2 aromatic rings. The van der Waals surface area contributed by atoms with Crippen molar-refractivity contribution in [1.82, 2.24) is 9.97 Å². The highest BCUT2D eigenvalue weighted by atomic mass is 16.3. The molecule has 29 heavy (non-hydrogen) atoms. The second kappa shape index (κ2) is 8.98. The molecule has 0 spiro atoms. The third-order valence-electron chi connectivity index (χ3n) is 5.42. The number of nitrogens with zero attached hydrogens (tertiary/aromatic N) is 5. The molecule has 2 aliphatic rings. The van der Waals surface area contributed by atoms with Gasteiger partial charge in [0.2, 0.25) is 5.95 Å². The molecule has 8 heteroatoms. The van der Waals surface area contributed by atoms with Gasteiger partial charge in [-0.25, -0.2) is 0 Å². The van der Waals surface area contributed by atoms with Crippen LogP contribution in [0.2, 0.25) is 0 Å². The van der Waals surface area contributed by atoms with Gasteiger partial charge >= 0.3 is 0 Å². The fourth-order valence-electron chi connectivity index (χ4n) is 3.81. The molecular formula is C21H28N6O2. The van der Waals surface area contributed by atoms with Crippen molar-refractivity contribution >= 4 is 23.8 Å². The van der Waals surface area contributed by atoms with Crippen LogP contribution in [0.5, 0.6) is 11.5 Å². The Morgan fingerprint density at radius 2 is 1.55 bits per heavy atom. The number of hydrogen-bond acceptors (Lipinski definition) is 8. The summed E-state index contributed by atoms with van der Waals surface area (Å²) in [6, 6.07) is 6.34. The van der Waals surface area contributed by atoms with E-state index < -0.39 is 0 Å². The summed E-state index contributed by atoms with van der Waals surface area (Å²) in [7, 11) is 0. The van der Waals surface area contributed by atoms with E-state index in [-0.39, 0.29) is 11.5 Å². The van der Waals surface area contributed by atoms with E-state index in [9.17, 15) is 10.2 Å². The molecule has 2 aliphatic heterocycles. The Hall–Kier alpha value is -3.03. The molecule has 3 heterocycles. The number of rotatable bonds is 5. The minimum Gasteiger partial charge on any atom is -0.508 e. The number of phenolic OH excluding ortho intramolecular Hbond substituents is 2. The van der Waals surface area contributed by atoms with Gasteiger partial charge in [-0.3, -0.25) is 5.43 Å². The maximum atomic E-state index is 9.90. The monoisotopic (exact) mass is 396 g/mol. The number of aromatic nitrogens is 2. The number of phenols is 2. The van der Waals surface area contributed by atoms with Crippen molar-refractivity contribution in [3.63, 3.8) is 0 Å². The minimum absolute atomic E-state index is 0.0146. The number of hydrazone groups is 1. The molecule has 4 rings (SSSR count). The van der Waals surface area contributed by atoms with Crippen LogP contribution in [0, 0.1) is 0 Å².